The van der Waals surface area contributed by atoms with Crippen molar-refractivity contribution in [2.24, 2.45) is 11.8 Å². The molecule has 1 heterocycles. The highest BCUT2D eigenvalue weighted by molar-refractivity contribution is 5.95. The van der Waals surface area contributed by atoms with E-state index in [9.17, 15) is 28.8 Å². The van der Waals surface area contributed by atoms with Gasteiger partial charge in [-0.15, -0.1) is 0 Å². The van der Waals surface area contributed by atoms with Crippen molar-refractivity contribution in [2.45, 2.75) is 124 Å². The van der Waals surface area contributed by atoms with Crippen LogP contribution in [0.5, 0.6) is 0 Å². The number of cyclic esters (lactones) is 1. The van der Waals surface area contributed by atoms with Crippen LogP contribution in [0.15, 0.2) is 0 Å². The minimum atomic E-state index is -1.03. The molecule has 228 valence electrons. The number of ether oxygens (including phenoxy) is 1. The summed E-state index contributed by atoms with van der Waals surface area (Å²) in [6.45, 7) is 11.9. The molecule has 1 aliphatic rings. The molecule has 5 amide bonds. The van der Waals surface area contributed by atoms with Gasteiger partial charge in [0.1, 0.15) is 30.3 Å². The maximum absolute atomic E-state index is 13.1. The molecule has 1 fully saturated rings. The highest BCUT2D eigenvalue weighted by Crippen LogP contribution is 2.13. The normalized spacial score (nSPS) is 26.5. The first kappa shape index (κ1) is 34.8. The van der Waals surface area contributed by atoms with Gasteiger partial charge in [-0.25, -0.2) is 4.79 Å². The molecule has 40 heavy (non-hydrogen) atoms. The lowest BCUT2D eigenvalue weighted by Gasteiger charge is -2.27. The van der Waals surface area contributed by atoms with Crippen LogP contribution in [0.2, 0.25) is 0 Å². The van der Waals surface area contributed by atoms with Crippen molar-refractivity contribution in [3.05, 3.63) is 0 Å². The average Bonchev–Trinajstić information content (AvgIpc) is 2.86. The number of amides is 5. The molecule has 1 saturated heterocycles. The molecule has 0 aromatic heterocycles. The van der Waals surface area contributed by atoms with Crippen LogP contribution in [0, 0.1) is 11.8 Å². The van der Waals surface area contributed by atoms with E-state index in [1.807, 2.05) is 13.8 Å². The zero-order valence-corrected chi connectivity index (χ0v) is 25.1. The second-order valence-electron chi connectivity index (χ2n) is 11.3. The number of carbonyl (C=O) groups is 6. The molecular weight excluding hydrogens is 518 g/mol. The quantitative estimate of drug-likeness (QED) is 0.216. The molecule has 0 aliphatic carbocycles. The minimum absolute atomic E-state index is 0.0359. The summed E-state index contributed by atoms with van der Waals surface area (Å²) < 4.78 is 5.58. The van der Waals surface area contributed by atoms with Crippen molar-refractivity contribution in [3.63, 3.8) is 0 Å². The highest BCUT2D eigenvalue weighted by atomic mass is 16.5. The Balaban J connectivity index is 3.22. The molecule has 0 bridgehead atoms. The summed E-state index contributed by atoms with van der Waals surface area (Å²) in [5, 5.41) is 13.0. The van der Waals surface area contributed by atoms with Gasteiger partial charge in [0.15, 0.2) is 0 Å². The van der Waals surface area contributed by atoms with Gasteiger partial charge in [0, 0.05) is 0 Å². The molecule has 0 saturated carbocycles. The van der Waals surface area contributed by atoms with Crippen molar-refractivity contribution in [2.75, 3.05) is 6.54 Å². The molecule has 5 atom stereocenters. The molecule has 0 aromatic rings. The van der Waals surface area contributed by atoms with E-state index in [1.165, 1.54) is 13.8 Å². The third kappa shape index (κ3) is 12.8. The smallest absolute Gasteiger partial charge is 0.328 e. The fourth-order valence-electron chi connectivity index (χ4n) is 4.23. The summed E-state index contributed by atoms with van der Waals surface area (Å²) in [4.78, 5) is 77.0. The van der Waals surface area contributed by atoms with Gasteiger partial charge in [0.05, 0.1) is 13.0 Å². The van der Waals surface area contributed by atoms with E-state index in [-0.39, 0.29) is 24.8 Å². The summed E-state index contributed by atoms with van der Waals surface area (Å²) in [6.07, 6.45) is 3.53. The molecule has 12 heteroatoms. The van der Waals surface area contributed by atoms with Crippen LogP contribution in [0.1, 0.15) is 93.4 Å². The first-order chi connectivity index (χ1) is 18.7. The van der Waals surface area contributed by atoms with E-state index in [0.29, 0.717) is 12.8 Å². The van der Waals surface area contributed by atoms with Crippen LogP contribution in [0.25, 0.3) is 0 Å². The van der Waals surface area contributed by atoms with Crippen molar-refractivity contribution in [1.29, 1.82) is 0 Å². The molecule has 1 rings (SSSR count). The third-order valence-electron chi connectivity index (χ3n) is 6.59. The number of esters is 1. The van der Waals surface area contributed by atoms with Gasteiger partial charge in [0.25, 0.3) is 0 Å². The van der Waals surface area contributed by atoms with Gasteiger partial charge in [-0.3, -0.25) is 24.0 Å². The van der Waals surface area contributed by atoms with Crippen molar-refractivity contribution in [1.82, 2.24) is 26.6 Å². The summed E-state index contributed by atoms with van der Waals surface area (Å²) in [5.74, 6) is -3.75. The zero-order valence-electron chi connectivity index (χ0n) is 25.1. The lowest BCUT2D eigenvalue weighted by Crippen LogP contribution is -2.58. The van der Waals surface area contributed by atoms with E-state index in [0.717, 1.165) is 25.7 Å². The lowest BCUT2D eigenvalue weighted by atomic mass is 9.99. The Bertz CT molecular complexity index is 892. The molecule has 0 spiro atoms. The summed E-state index contributed by atoms with van der Waals surface area (Å²) in [7, 11) is 0. The highest BCUT2D eigenvalue weighted by Gasteiger charge is 2.31. The maximum Gasteiger partial charge on any atom is 0.328 e. The second kappa shape index (κ2) is 17.5. The minimum Gasteiger partial charge on any atom is -0.460 e. The predicted octanol–water partition coefficient (Wildman–Crippen LogP) is 1.07. The van der Waals surface area contributed by atoms with Crippen molar-refractivity contribution in [3.8, 4) is 0 Å². The van der Waals surface area contributed by atoms with Gasteiger partial charge in [-0.2, -0.15) is 0 Å². The Hall–Kier alpha value is -3.18. The predicted molar refractivity (Wildman–Crippen MR) is 150 cm³/mol. The van der Waals surface area contributed by atoms with Gasteiger partial charge in [-0.05, 0) is 44.9 Å². The van der Waals surface area contributed by atoms with Gasteiger partial charge >= 0.3 is 5.97 Å². The van der Waals surface area contributed by atoms with Gasteiger partial charge in [-0.1, -0.05) is 53.9 Å². The molecule has 1 aliphatic heterocycles. The van der Waals surface area contributed by atoms with Crippen LogP contribution < -0.4 is 26.6 Å². The molecular formula is C28H49N5O7. The average molecular weight is 568 g/mol. The van der Waals surface area contributed by atoms with Crippen LogP contribution in [0.3, 0.4) is 0 Å². The van der Waals surface area contributed by atoms with E-state index >= 15 is 0 Å². The lowest BCUT2D eigenvalue weighted by molar-refractivity contribution is -0.154. The number of hydrogen-bond donors (Lipinski definition) is 5. The van der Waals surface area contributed by atoms with Crippen LogP contribution in [-0.2, 0) is 33.5 Å². The third-order valence-corrected chi connectivity index (χ3v) is 6.59. The van der Waals surface area contributed by atoms with Crippen LogP contribution in [-0.4, -0.2) is 72.3 Å². The van der Waals surface area contributed by atoms with Crippen molar-refractivity contribution >= 4 is 35.5 Å². The molecule has 12 nitrogen and oxygen atoms in total. The van der Waals surface area contributed by atoms with Gasteiger partial charge in [0.2, 0.25) is 29.5 Å². The summed E-state index contributed by atoms with van der Waals surface area (Å²) in [6, 6.07) is -3.95. The Morgan fingerprint density at radius 1 is 0.775 bits per heavy atom. The summed E-state index contributed by atoms with van der Waals surface area (Å²) in [5.41, 5.74) is 0. The Labute approximate surface area is 237 Å². The van der Waals surface area contributed by atoms with Crippen LogP contribution >= 0.6 is 0 Å². The van der Waals surface area contributed by atoms with E-state index in [1.54, 1.807) is 13.8 Å². The monoisotopic (exact) mass is 567 g/mol. The van der Waals surface area contributed by atoms with E-state index in [4.69, 9.17) is 4.74 Å². The molecule has 0 radical (unpaired) electrons. The van der Waals surface area contributed by atoms with E-state index < -0.39 is 65.8 Å². The topological polar surface area (TPSA) is 172 Å². The number of carbonyl (C=O) groups excluding carboxylic acids is 6. The standard InChI is InChI=1S/C28H49N5O7/c1-8-9-10-11-12-20-14-22(34)29-15-23(35)33-24(17(4)5)27(38)32-21(13-16(2)3)26(37)30-18(6)25(36)31-19(7)28(39)40-20/h16-21,24H,8-15H2,1-7H3,(H,29,34)(H,30,37)(H,31,36)(H,32,38)(H,33,35)/t18-,19-,20+,21+,24-/m0/s1. The van der Waals surface area contributed by atoms with Gasteiger partial charge < -0.3 is 31.3 Å². The fraction of sp³-hybridized carbons (Fsp3) is 0.786. The Morgan fingerprint density at radius 3 is 2.02 bits per heavy atom. The van der Waals surface area contributed by atoms with Crippen molar-refractivity contribution < 1.29 is 33.5 Å². The molecule has 0 unspecified atom stereocenters. The number of hydrogen-bond acceptors (Lipinski definition) is 7. The first-order valence-electron chi connectivity index (χ1n) is 14.4. The zero-order chi connectivity index (χ0) is 30.4. The maximum atomic E-state index is 13.1. The van der Waals surface area contributed by atoms with Crippen LogP contribution in [0.4, 0.5) is 0 Å². The number of unbranched alkanes of at least 4 members (excludes halogenated alkanes) is 3. The fourth-order valence-corrected chi connectivity index (χ4v) is 4.23. The number of nitrogens with one attached hydrogen (secondary N) is 5. The molecule has 0 aromatic carbocycles. The second-order valence-corrected chi connectivity index (χ2v) is 11.3. The number of rotatable bonds is 8. The first-order valence-corrected chi connectivity index (χ1v) is 14.4. The molecule has 5 N–H and O–H groups in total. The van der Waals surface area contributed by atoms with E-state index in [2.05, 4.69) is 33.5 Å². The Kier molecular flexibility index (Phi) is 15.2. The SMILES string of the molecule is CCCCCC[C@@H]1CC(=O)NCC(=O)N[C@@H](C(C)C)C(=O)N[C@H](CC(C)C)C(=O)N[C@@H](C)C(=O)N[C@@H](C)C(=O)O1. The Morgan fingerprint density at radius 2 is 1.43 bits per heavy atom. The largest absolute Gasteiger partial charge is 0.460 e. The summed E-state index contributed by atoms with van der Waals surface area (Å²) >= 11 is 0.